The lowest BCUT2D eigenvalue weighted by Crippen LogP contribution is -2.37. The summed E-state index contributed by atoms with van der Waals surface area (Å²) >= 11 is 0. The molecule has 1 heterocycles. The van der Waals surface area contributed by atoms with E-state index in [2.05, 4.69) is 6.92 Å². The normalized spacial score (nSPS) is 26.8. The first kappa shape index (κ1) is 14.0. The van der Waals surface area contributed by atoms with Crippen LogP contribution in [-0.4, -0.2) is 19.5 Å². The van der Waals surface area contributed by atoms with E-state index in [1.807, 2.05) is 0 Å². The quantitative estimate of drug-likeness (QED) is 0.845. The number of hydrogen-bond donors (Lipinski definition) is 0. The monoisotopic (exact) mass is 282 g/mol. The number of halogens is 2. The maximum atomic E-state index is 13.2. The highest BCUT2D eigenvalue weighted by molar-refractivity contribution is 5.33. The summed E-state index contributed by atoms with van der Waals surface area (Å²) in [4.78, 5) is 0. The zero-order valence-corrected chi connectivity index (χ0v) is 11.7. The molecule has 0 bridgehead atoms. The minimum atomic E-state index is -0.766. The predicted molar refractivity (Wildman–Crippen MR) is 71.3 cm³/mol. The molecule has 0 spiro atoms. The van der Waals surface area contributed by atoms with Gasteiger partial charge in [-0.25, -0.2) is 8.78 Å². The molecule has 1 aliphatic heterocycles. The average Bonchev–Trinajstić information content (AvgIpc) is 2.83. The third-order valence-electron chi connectivity index (χ3n) is 4.28. The number of fused-ring (bicyclic) bond motifs is 1. The molecule has 0 aromatic heterocycles. The summed E-state index contributed by atoms with van der Waals surface area (Å²) in [5.41, 5.74) is 1.77. The summed E-state index contributed by atoms with van der Waals surface area (Å²) in [6.07, 6.45) is 3.43. The summed E-state index contributed by atoms with van der Waals surface area (Å²) in [5.74, 6) is -0.875. The Hall–Kier alpha value is -1.00. The van der Waals surface area contributed by atoms with Crippen LogP contribution >= 0.6 is 0 Å². The van der Waals surface area contributed by atoms with Gasteiger partial charge >= 0.3 is 0 Å². The minimum absolute atomic E-state index is 0.175. The minimum Gasteiger partial charge on any atom is -0.352 e. The SMILES string of the molecule is CCCC1COC(C2Cc3cc(F)c(F)cc3C2)OC1. The molecule has 0 N–H and O–H groups in total. The molecule has 0 unspecified atom stereocenters. The van der Waals surface area contributed by atoms with Crippen LogP contribution in [0.1, 0.15) is 30.9 Å². The molecule has 1 fully saturated rings. The first-order valence-electron chi connectivity index (χ1n) is 7.37. The van der Waals surface area contributed by atoms with E-state index in [-0.39, 0.29) is 12.2 Å². The number of benzene rings is 1. The summed E-state index contributed by atoms with van der Waals surface area (Å²) in [6, 6.07) is 2.63. The Labute approximate surface area is 118 Å². The molecule has 1 aliphatic carbocycles. The van der Waals surface area contributed by atoms with Crippen molar-refractivity contribution in [3.8, 4) is 0 Å². The standard InChI is InChI=1S/C16H20F2O2/c1-2-3-10-8-19-16(20-9-10)13-4-11-6-14(17)15(18)7-12(11)5-13/h6-7,10,13,16H,2-5,8-9H2,1H3. The highest BCUT2D eigenvalue weighted by Gasteiger charge is 2.34. The van der Waals surface area contributed by atoms with Crippen LogP contribution in [0.5, 0.6) is 0 Å². The zero-order chi connectivity index (χ0) is 14.1. The van der Waals surface area contributed by atoms with Crippen LogP contribution in [0.3, 0.4) is 0 Å². The molecule has 0 atom stereocenters. The molecule has 2 aliphatic rings. The summed E-state index contributed by atoms with van der Waals surface area (Å²) in [6.45, 7) is 3.62. The topological polar surface area (TPSA) is 18.5 Å². The Bertz CT molecular complexity index is 451. The second-order valence-corrected chi connectivity index (χ2v) is 5.89. The van der Waals surface area contributed by atoms with Crippen LogP contribution in [0.15, 0.2) is 12.1 Å². The molecule has 1 aromatic carbocycles. The van der Waals surface area contributed by atoms with E-state index in [9.17, 15) is 8.78 Å². The highest BCUT2D eigenvalue weighted by atomic mass is 19.2. The molecular weight excluding hydrogens is 262 g/mol. The molecule has 2 nitrogen and oxygen atoms in total. The van der Waals surface area contributed by atoms with Crippen molar-refractivity contribution in [1.82, 2.24) is 0 Å². The number of ether oxygens (including phenoxy) is 2. The molecule has 0 radical (unpaired) electrons. The van der Waals surface area contributed by atoms with Crippen LogP contribution in [0.2, 0.25) is 0 Å². The van der Waals surface area contributed by atoms with E-state index < -0.39 is 11.6 Å². The van der Waals surface area contributed by atoms with Gasteiger partial charge in [0.2, 0.25) is 0 Å². The first-order valence-corrected chi connectivity index (χ1v) is 7.37. The van der Waals surface area contributed by atoms with Gasteiger partial charge < -0.3 is 9.47 Å². The molecular formula is C16H20F2O2. The lowest BCUT2D eigenvalue weighted by Gasteiger charge is -2.32. The van der Waals surface area contributed by atoms with Gasteiger partial charge in [-0.3, -0.25) is 0 Å². The Morgan fingerprint density at radius 3 is 2.10 bits per heavy atom. The summed E-state index contributed by atoms with van der Waals surface area (Å²) < 4.78 is 38.1. The van der Waals surface area contributed by atoms with Gasteiger partial charge in [0, 0.05) is 11.8 Å². The zero-order valence-electron chi connectivity index (χ0n) is 11.7. The van der Waals surface area contributed by atoms with Crippen molar-refractivity contribution in [1.29, 1.82) is 0 Å². The molecule has 4 heteroatoms. The van der Waals surface area contributed by atoms with E-state index in [0.717, 1.165) is 37.2 Å². The van der Waals surface area contributed by atoms with E-state index in [0.29, 0.717) is 18.8 Å². The third kappa shape index (κ3) is 2.72. The fraction of sp³-hybridized carbons (Fsp3) is 0.625. The Kier molecular flexibility index (Phi) is 4.03. The van der Waals surface area contributed by atoms with Gasteiger partial charge in [-0.05, 0) is 42.5 Å². The smallest absolute Gasteiger partial charge is 0.161 e. The van der Waals surface area contributed by atoms with Crippen molar-refractivity contribution in [3.63, 3.8) is 0 Å². The van der Waals surface area contributed by atoms with Crippen LogP contribution in [-0.2, 0) is 22.3 Å². The van der Waals surface area contributed by atoms with E-state index in [1.165, 1.54) is 12.1 Å². The lowest BCUT2D eigenvalue weighted by molar-refractivity contribution is -0.223. The van der Waals surface area contributed by atoms with Gasteiger partial charge in [-0.2, -0.15) is 0 Å². The molecule has 20 heavy (non-hydrogen) atoms. The van der Waals surface area contributed by atoms with E-state index >= 15 is 0 Å². The summed E-state index contributed by atoms with van der Waals surface area (Å²) in [7, 11) is 0. The molecule has 0 amide bonds. The molecule has 1 aromatic rings. The van der Waals surface area contributed by atoms with Gasteiger partial charge in [-0.1, -0.05) is 13.3 Å². The third-order valence-corrected chi connectivity index (χ3v) is 4.28. The van der Waals surface area contributed by atoms with Crippen LogP contribution < -0.4 is 0 Å². The Balaban J connectivity index is 1.62. The fourth-order valence-corrected chi connectivity index (χ4v) is 3.24. The van der Waals surface area contributed by atoms with Crippen LogP contribution in [0.25, 0.3) is 0 Å². The Morgan fingerprint density at radius 1 is 1.05 bits per heavy atom. The largest absolute Gasteiger partial charge is 0.352 e. The van der Waals surface area contributed by atoms with Crippen molar-refractivity contribution >= 4 is 0 Å². The summed E-state index contributed by atoms with van der Waals surface area (Å²) in [5, 5.41) is 0. The van der Waals surface area contributed by atoms with Crippen molar-refractivity contribution < 1.29 is 18.3 Å². The maximum Gasteiger partial charge on any atom is 0.161 e. The van der Waals surface area contributed by atoms with Crippen molar-refractivity contribution in [2.45, 2.75) is 38.9 Å². The molecule has 110 valence electrons. The second kappa shape index (κ2) is 5.78. The maximum absolute atomic E-state index is 13.2. The average molecular weight is 282 g/mol. The van der Waals surface area contributed by atoms with Gasteiger partial charge in [-0.15, -0.1) is 0 Å². The first-order chi connectivity index (χ1) is 9.67. The van der Waals surface area contributed by atoms with Gasteiger partial charge in [0.1, 0.15) is 0 Å². The van der Waals surface area contributed by atoms with Crippen molar-refractivity contribution in [3.05, 3.63) is 34.9 Å². The van der Waals surface area contributed by atoms with Crippen LogP contribution in [0, 0.1) is 23.5 Å². The second-order valence-electron chi connectivity index (χ2n) is 5.89. The van der Waals surface area contributed by atoms with Gasteiger partial charge in [0.25, 0.3) is 0 Å². The van der Waals surface area contributed by atoms with Gasteiger partial charge in [0.05, 0.1) is 13.2 Å². The fourth-order valence-electron chi connectivity index (χ4n) is 3.24. The molecule has 3 rings (SSSR count). The van der Waals surface area contributed by atoms with E-state index in [1.54, 1.807) is 0 Å². The van der Waals surface area contributed by atoms with Crippen molar-refractivity contribution in [2.75, 3.05) is 13.2 Å². The predicted octanol–water partition coefficient (Wildman–Crippen LogP) is 3.47. The highest BCUT2D eigenvalue weighted by Crippen LogP contribution is 2.33. The van der Waals surface area contributed by atoms with Crippen LogP contribution in [0.4, 0.5) is 8.78 Å². The number of rotatable bonds is 3. The van der Waals surface area contributed by atoms with Gasteiger partial charge in [0.15, 0.2) is 17.9 Å². The molecule has 0 saturated carbocycles. The Morgan fingerprint density at radius 2 is 1.60 bits per heavy atom. The molecule has 1 saturated heterocycles. The van der Waals surface area contributed by atoms with E-state index in [4.69, 9.17) is 9.47 Å². The lowest BCUT2D eigenvalue weighted by atomic mass is 10.0. The van der Waals surface area contributed by atoms with Crippen molar-refractivity contribution in [2.24, 2.45) is 11.8 Å². The number of hydrogen-bond acceptors (Lipinski definition) is 2.